The molecule has 5 heterocycles. The smallest absolute Gasteiger partial charge is 0.349 e. The third-order valence-electron chi connectivity index (χ3n) is 6.52. The number of rotatable bonds is 11. The number of oxime groups is 1. The van der Waals surface area contributed by atoms with Crippen molar-refractivity contribution in [3.63, 3.8) is 0 Å². The van der Waals surface area contributed by atoms with Gasteiger partial charge in [-0.1, -0.05) is 5.16 Å². The number of carboxylic acid groups (broad SMARTS) is 1. The number of nitrogens with two attached hydrogens (primary N) is 2. The van der Waals surface area contributed by atoms with E-state index < -0.39 is 29.2 Å². The van der Waals surface area contributed by atoms with Crippen molar-refractivity contribution in [2.24, 2.45) is 10.9 Å². The van der Waals surface area contributed by atoms with Crippen molar-refractivity contribution in [3.05, 3.63) is 41.8 Å². The molecular weight excluding hydrogens is 572 g/mol. The molecule has 0 spiro atoms. The van der Waals surface area contributed by atoms with Crippen molar-refractivity contribution in [1.29, 1.82) is 0 Å². The number of nitrogens with one attached hydrogen (secondary N) is 1. The molecule has 1 fully saturated rings. The molecular formula is C24H28N10O5S2. The number of carbonyl (C=O) groups is 3. The number of β-lactam (4-membered cyclic amide) rings is 1. The number of carbonyl (C=O) groups excluding carboxylic acids is 3. The van der Waals surface area contributed by atoms with Gasteiger partial charge in [-0.2, -0.15) is 9.36 Å². The molecule has 1 saturated heterocycles. The quantitative estimate of drug-likeness (QED) is 0.0981. The topological polar surface area (TPSA) is 211 Å². The van der Waals surface area contributed by atoms with E-state index in [0.717, 1.165) is 28.4 Å². The van der Waals surface area contributed by atoms with Crippen LogP contribution in [0.1, 0.15) is 26.1 Å². The number of nitrogens with zero attached hydrogens (tertiary/aromatic N) is 7. The average Bonchev–Trinajstić information content (AvgIpc) is 3.57. The lowest BCUT2D eigenvalue weighted by Crippen LogP contribution is -2.71. The Kier molecular flexibility index (Phi) is 8.18. The van der Waals surface area contributed by atoms with Gasteiger partial charge in [0.15, 0.2) is 5.13 Å². The zero-order chi connectivity index (χ0) is 29.3. The van der Waals surface area contributed by atoms with Crippen LogP contribution in [0.4, 0.5) is 5.13 Å². The number of anilines is 1. The van der Waals surface area contributed by atoms with Crippen LogP contribution in [0.3, 0.4) is 0 Å². The summed E-state index contributed by atoms with van der Waals surface area (Å²) in [6.07, 6.45) is 4.32. The van der Waals surface area contributed by atoms with Crippen LogP contribution in [-0.4, -0.2) is 77.1 Å². The number of aryl methyl sites for hydroxylation is 1. The molecule has 3 aromatic heterocycles. The number of pyridine rings is 1. The van der Waals surface area contributed by atoms with Crippen LogP contribution in [0.2, 0.25) is 0 Å². The largest absolute Gasteiger partial charge is 0.543 e. The summed E-state index contributed by atoms with van der Waals surface area (Å²) in [7, 11) is 0. The first-order valence-corrected chi connectivity index (χ1v) is 14.6. The maximum Gasteiger partial charge on any atom is 0.349 e. The molecule has 2 unspecified atom stereocenters. The van der Waals surface area contributed by atoms with E-state index in [0.29, 0.717) is 23.5 Å². The minimum absolute atomic E-state index is 0.0397. The molecule has 216 valence electrons. The number of fused-ring (bicyclic) bond motifs is 2. The molecule has 0 saturated carbocycles. The van der Waals surface area contributed by atoms with Crippen LogP contribution in [0.15, 0.2) is 41.1 Å². The normalized spacial score (nSPS) is 19.6. The molecule has 15 nitrogen and oxygen atoms in total. The monoisotopic (exact) mass is 600 g/mol. The Morgan fingerprint density at radius 2 is 2.22 bits per heavy atom. The van der Waals surface area contributed by atoms with E-state index in [4.69, 9.17) is 16.3 Å². The molecule has 0 radical (unpaired) electrons. The lowest BCUT2D eigenvalue weighted by atomic mass is 10.0. The first-order valence-electron chi connectivity index (χ1n) is 12.8. The minimum atomic E-state index is -1.47. The molecule has 2 amide bonds. The minimum Gasteiger partial charge on any atom is -0.543 e. The Morgan fingerprint density at radius 3 is 2.90 bits per heavy atom. The maximum atomic E-state index is 13.2. The molecule has 41 heavy (non-hydrogen) atoms. The van der Waals surface area contributed by atoms with E-state index in [1.54, 1.807) is 19.4 Å². The van der Waals surface area contributed by atoms with Crippen LogP contribution in [0.25, 0.3) is 11.2 Å². The van der Waals surface area contributed by atoms with Gasteiger partial charge in [-0.15, -0.1) is 11.8 Å². The van der Waals surface area contributed by atoms with Crippen LogP contribution >= 0.6 is 23.3 Å². The van der Waals surface area contributed by atoms with Crippen molar-refractivity contribution >= 4 is 63.1 Å². The average molecular weight is 601 g/mol. The van der Waals surface area contributed by atoms with Crippen LogP contribution in [0.5, 0.6) is 0 Å². The Morgan fingerprint density at radius 1 is 1.41 bits per heavy atom. The molecule has 2 aliphatic rings. The summed E-state index contributed by atoms with van der Waals surface area (Å²) in [6, 6.07) is 2.84. The molecule has 3 atom stereocenters. The van der Waals surface area contributed by atoms with Crippen molar-refractivity contribution in [2.75, 3.05) is 18.1 Å². The lowest BCUT2D eigenvalue weighted by Gasteiger charge is -2.50. The maximum absolute atomic E-state index is 13.2. The number of aromatic nitrogens is 5. The van der Waals surface area contributed by atoms with E-state index in [2.05, 4.69) is 24.8 Å². The van der Waals surface area contributed by atoms with Gasteiger partial charge in [0, 0.05) is 35.4 Å². The first kappa shape index (κ1) is 28.4. The van der Waals surface area contributed by atoms with Gasteiger partial charge in [0.05, 0.1) is 17.9 Å². The third kappa shape index (κ3) is 5.59. The second-order valence-corrected chi connectivity index (χ2v) is 11.4. The lowest BCUT2D eigenvalue weighted by molar-refractivity contribution is -0.664. The highest BCUT2D eigenvalue weighted by Gasteiger charge is 2.53. The summed E-state index contributed by atoms with van der Waals surface area (Å²) >= 11 is 2.22. The standard InChI is InChI=1S/C24H28N10O5S2/c1-3-39-30-15(18-29-24(26)41-31-18)20(35)28-16-21(36)34-17(23(37)38)13(10-40-22(16)34)9-32-7-4-5-14-19(32)27-11-33(14)8-6-12(2)25/h4-5,7,11-12,16,22H,3,6,8-10,25H2,1-2H3,(H3-,26,28,29,31,35,37,38)/b30-15-/t12-,16?,22?/m1/s1. The fourth-order valence-electron chi connectivity index (χ4n) is 4.58. The number of carboxylic acids is 1. The Balaban J connectivity index is 1.36. The Labute approximate surface area is 242 Å². The van der Waals surface area contributed by atoms with Gasteiger partial charge in [-0.3, -0.25) is 14.5 Å². The molecule has 2 aliphatic heterocycles. The third-order valence-corrected chi connectivity index (χ3v) is 8.40. The molecule has 5 N–H and O–H groups in total. The zero-order valence-corrected chi connectivity index (χ0v) is 23.9. The number of thioether (sulfide) groups is 1. The second kappa shape index (κ2) is 11.8. The molecule has 0 aromatic carbocycles. The Bertz CT molecular complexity index is 1560. The highest BCUT2D eigenvalue weighted by Crippen LogP contribution is 2.40. The van der Waals surface area contributed by atoms with E-state index >= 15 is 0 Å². The van der Waals surface area contributed by atoms with Gasteiger partial charge in [0.2, 0.25) is 17.9 Å². The number of hydrogen-bond donors (Lipinski definition) is 3. The molecule has 0 aliphatic carbocycles. The summed E-state index contributed by atoms with van der Waals surface area (Å²) in [5, 5.41) is 18.2. The number of amides is 2. The van der Waals surface area contributed by atoms with E-state index in [1.807, 2.05) is 28.2 Å². The fourth-order valence-corrected chi connectivity index (χ4v) is 6.35. The predicted molar refractivity (Wildman–Crippen MR) is 148 cm³/mol. The van der Waals surface area contributed by atoms with Crippen LogP contribution in [0, 0.1) is 0 Å². The zero-order valence-electron chi connectivity index (χ0n) is 22.2. The second-order valence-electron chi connectivity index (χ2n) is 9.46. The van der Waals surface area contributed by atoms with E-state index in [9.17, 15) is 19.5 Å². The summed E-state index contributed by atoms with van der Waals surface area (Å²) in [5.74, 6) is -2.55. The molecule has 5 rings (SSSR count). The fraction of sp³-hybridized carbons (Fsp3) is 0.417. The van der Waals surface area contributed by atoms with Gasteiger partial charge < -0.3 is 36.1 Å². The van der Waals surface area contributed by atoms with Crippen LogP contribution in [-0.2, 0) is 32.3 Å². The van der Waals surface area contributed by atoms with Gasteiger partial charge in [-0.05, 0) is 37.4 Å². The van der Waals surface area contributed by atoms with E-state index in [1.165, 1.54) is 11.8 Å². The van der Waals surface area contributed by atoms with Crippen molar-refractivity contribution in [2.45, 2.75) is 50.8 Å². The SMILES string of the molecule is CCO/N=C(\C(=O)NC1C(=O)N2C(C(=O)[O-])=C(C[n+]3cccc4c3ncn4CC[C@@H](C)N)CSC12)c1nsc(N)n1. The van der Waals surface area contributed by atoms with Crippen LogP contribution < -0.4 is 26.5 Å². The molecule has 17 heteroatoms. The number of aliphatic carboxylic acids is 1. The first-order chi connectivity index (χ1) is 19.7. The van der Waals surface area contributed by atoms with Gasteiger partial charge in [0.25, 0.3) is 11.8 Å². The predicted octanol–water partition coefficient (Wildman–Crippen LogP) is -1.66. The highest BCUT2D eigenvalue weighted by atomic mass is 32.2. The van der Waals surface area contributed by atoms with E-state index in [-0.39, 0.29) is 41.6 Å². The van der Waals surface area contributed by atoms with Gasteiger partial charge in [0.1, 0.15) is 30.1 Å². The van der Waals surface area contributed by atoms with Gasteiger partial charge in [-0.25, -0.2) is 4.57 Å². The van der Waals surface area contributed by atoms with Crippen molar-refractivity contribution in [3.8, 4) is 0 Å². The molecule has 0 bridgehead atoms. The molecule has 3 aromatic rings. The van der Waals surface area contributed by atoms with Gasteiger partial charge >= 0.3 is 5.65 Å². The summed E-state index contributed by atoms with van der Waals surface area (Å²) in [5.41, 5.74) is 13.1. The summed E-state index contributed by atoms with van der Waals surface area (Å²) in [6.45, 7) is 4.70. The Hall–Kier alpha value is -4.09. The summed E-state index contributed by atoms with van der Waals surface area (Å²) < 4.78 is 7.83. The van der Waals surface area contributed by atoms with Crippen molar-refractivity contribution < 1.29 is 28.9 Å². The summed E-state index contributed by atoms with van der Waals surface area (Å²) in [4.78, 5) is 53.2. The number of imidazole rings is 1. The van der Waals surface area contributed by atoms with Crippen molar-refractivity contribution in [1.82, 2.24) is 29.1 Å². The number of nitrogen functional groups attached to an aromatic ring is 1. The highest BCUT2D eigenvalue weighted by molar-refractivity contribution is 8.00. The number of hydrogen-bond acceptors (Lipinski definition) is 13.